The van der Waals surface area contributed by atoms with Crippen LogP contribution in [0.3, 0.4) is 0 Å². The molecular weight excluding hydrogens is 370 g/mol. The molecule has 1 N–H and O–H groups in total. The maximum Gasteiger partial charge on any atom is 0.409 e. The van der Waals surface area contributed by atoms with Gasteiger partial charge in [-0.05, 0) is 6.07 Å². The second-order valence-electron chi connectivity index (χ2n) is 6.56. The molecule has 0 saturated carbocycles. The molecule has 0 unspecified atom stereocenters. The minimum Gasteiger partial charge on any atom is -0.448 e. The minimum absolute atomic E-state index is 0.0714. The monoisotopic (exact) mass is 393 g/mol. The van der Waals surface area contributed by atoms with Gasteiger partial charge in [-0.25, -0.2) is 9.48 Å². The van der Waals surface area contributed by atoms with Crippen molar-refractivity contribution in [3.05, 3.63) is 28.2 Å². The van der Waals surface area contributed by atoms with Gasteiger partial charge in [0, 0.05) is 39.2 Å². The van der Waals surface area contributed by atoms with E-state index in [1.165, 1.54) is 24.1 Å². The van der Waals surface area contributed by atoms with Crippen LogP contribution in [0.1, 0.15) is 16.9 Å². The van der Waals surface area contributed by atoms with Crippen LogP contribution in [0.5, 0.6) is 0 Å². The third-order valence-electron chi connectivity index (χ3n) is 4.64. The highest BCUT2D eigenvalue weighted by Gasteiger charge is 2.31. The predicted octanol–water partition coefficient (Wildman–Crippen LogP) is -1.42. The Labute approximate surface area is 161 Å². The van der Waals surface area contributed by atoms with Gasteiger partial charge in [0.05, 0.1) is 25.8 Å². The number of hydrogen-bond acceptors (Lipinski definition) is 7. The lowest BCUT2D eigenvalue weighted by Gasteiger charge is -2.35. The van der Waals surface area contributed by atoms with E-state index in [0.717, 1.165) is 4.68 Å². The average Bonchev–Trinajstić information content (AvgIpc) is 3.09. The Balaban J connectivity index is 1.55. The number of amides is 3. The van der Waals surface area contributed by atoms with Gasteiger partial charge < -0.3 is 24.6 Å². The first-order valence-electron chi connectivity index (χ1n) is 9.07. The summed E-state index contributed by atoms with van der Waals surface area (Å²) in [5.74, 6) is -0.592. The fraction of sp³-hybridized carbons (Fsp3) is 0.588. The second kappa shape index (κ2) is 8.83. The van der Waals surface area contributed by atoms with Gasteiger partial charge in [-0.3, -0.25) is 14.4 Å². The van der Waals surface area contributed by atoms with Crippen LogP contribution in [0.2, 0.25) is 0 Å². The van der Waals surface area contributed by atoms with Crippen molar-refractivity contribution in [2.45, 2.75) is 12.5 Å². The van der Waals surface area contributed by atoms with Gasteiger partial charge in [0.25, 0.3) is 11.5 Å². The lowest BCUT2D eigenvalue weighted by Crippen LogP contribution is -2.51. The van der Waals surface area contributed by atoms with Gasteiger partial charge in [-0.1, -0.05) is 0 Å². The van der Waals surface area contributed by atoms with E-state index >= 15 is 0 Å². The maximum absolute atomic E-state index is 12.8. The molecule has 0 spiro atoms. The van der Waals surface area contributed by atoms with Gasteiger partial charge in [0.15, 0.2) is 0 Å². The summed E-state index contributed by atoms with van der Waals surface area (Å²) in [7, 11) is 1.47. The zero-order valence-electron chi connectivity index (χ0n) is 15.6. The van der Waals surface area contributed by atoms with Crippen LogP contribution in [0.4, 0.5) is 4.79 Å². The Morgan fingerprint density at radius 2 is 2.07 bits per heavy atom. The number of cyclic esters (lactones) is 1. The van der Waals surface area contributed by atoms with Gasteiger partial charge in [-0.2, -0.15) is 5.10 Å². The smallest absolute Gasteiger partial charge is 0.409 e. The normalized spacial score (nSPS) is 19.5. The highest BCUT2D eigenvalue weighted by Crippen LogP contribution is 2.14. The molecule has 11 heteroatoms. The molecule has 3 rings (SSSR count). The van der Waals surface area contributed by atoms with E-state index < -0.39 is 6.04 Å². The zero-order valence-corrected chi connectivity index (χ0v) is 15.6. The van der Waals surface area contributed by atoms with E-state index in [0.29, 0.717) is 39.4 Å². The first kappa shape index (κ1) is 19.8. The summed E-state index contributed by atoms with van der Waals surface area (Å²) < 4.78 is 11.3. The molecule has 152 valence electrons. The average molecular weight is 393 g/mol. The summed E-state index contributed by atoms with van der Waals surface area (Å²) in [6.07, 6.45) is -0.307. The topological polar surface area (TPSA) is 123 Å². The first-order valence-corrected chi connectivity index (χ1v) is 9.07. The van der Waals surface area contributed by atoms with Gasteiger partial charge in [0.1, 0.15) is 12.3 Å². The number of aromatic nitrogens is 2. The Bertz CT molecular complexity index is 809. The Morgan fingerprint density at radius 1 is 1.25 bits per heavy atom. The molecule has 0 bridgehead atoms. The number of morpholine rings is 1. The summed E-state index contributed by atoms with van der Waals surface area (Å²) in [5.41, 5.74) is -0.168. The van der Waals surface area contributed by atoms with Crippen molar-refractivity contribution in [2.75, 3.05) is 46.0 Å². The van der Waals surface area contributed by atoms with Crippen molar-refractivity contribution in [1.82, 2.24) is 24.9 Å². The summed E-state index contributed by atoms with van der Waals surface area (Å²) in [4.78, 5) is 51.0. The highest BCUT2D eigenvalue weighted by atomic mass is 16.6. The number of rotatable bonds is 6. The molecular formula is C17H23N5O6. The molecule has 0 aliphatic carbocycles. The summed E-state index contributed by atoms with van der Waals surface area (Å²) in [6.45, 7) is 2.49. The van der Waals surface area contributed by atoms with Crippen molar-refractivity contribution in [3.63, 3.8) is 0 Å². The van der Waals surface area contributed by atoms with Crippen molar-refractivity contribution in [2.24, 2.45) is 7.05 Å². The number of hydrogen-bond donors (Lipinski definition) is 1. The van der Waals surface area contributed by atoms with Gasteiger partial charge in [0.2, 0.25) is 5.91 Å². The lowest BCUT2D eigenvalue weighted by molar-refractivity contribution is -0.123. The standard InChI is InChI=1S/C17H23N5O6/c1-20-15(24)3-2-13(19-20)16(25)22-7-8-27-11-12(22)10-14(23)18-4-5-21-6-9-28-17(21)26/h2-3,12H,4-11H2,1H3,(H,18,23)/t12-/m1/s1. The van der Waals surface area contributed by atoms with Crippen LogP contribution < -0.4 is 10.9 Å². The highest BCUT2D eigenvalue weighted by molar-refractivity contribution is 5.92. The molecule has 11 nitrogen and oxygen atoms in total. The molecule has 0 aromatic carbocycles. The van der Waals surface area contributed by atoms with E-state index in [9.17, 15) is 19.2 Å². The Hall–Kier alpha value is -2.95. The molecule has 1 atom stereocenters. The van der Waals surface area contributed by atoms with Crippen LogP contribution in [0, 0.1) is 0 Å². The van der Waals surface area contributed by atoms with Crippen molar-refractivity contribution >= 4 is 17.9 Å². The molecule has 2 aliphatic rings. The van der Waals surface area contributed by atoms with E-state index in [1.54, 1.807) is 4.90 Å². The van der Waals surface area contributed by atoms with Crippen molar-refractivity contribution in [1.29, 1.82) is 0 Å². The molecule has 2 aliphatic heterocycles. The Kier molecular flexibility index (Phi) is 6.24. The SMILES string of the molecule is Cn1nc(C(=O)N2CCOC[C@H]2CC(=O)NCCN2CCOC2=O)ccc1=O. The lowest BCUT2D eigenvalue weighted by atomic mass is 10.1. The van der Waals surface area contributed by atoms with Crippen molar-refractivity contribution in [3.8, 4) is 0 Å². The minimum atomic E-state index is -0.433. The number of carbonyl (C=O) groups is 3. The van der Waals surface area contributed by atoms with Crippen molar-refractivity contribution < 1.29 is 23.9 Å². The fourth-order valence-corrected chi connectivity index (χ4v) is 3.10. The van der Waals surface area contributed by atoms with Gasteiger partial charge >= 0.3 is 6.09 Å². The molecule has 2 fully saturated rings. The third kappa shape index (κ3) is 4.66. The number of aryl methyl sites for hydroxylation is 1. The molecule has 1 aromatic rings. The van der Waals surface area contributed by atoms with Crippen LogP contribution in [0.25, 0.3) is 0 Å². The van der Waals surface area contributed by atoms with Gasteiger partial charge in [-0.15, -0.1) is 0 Å². The Morgan fingerprint density at radius 3 is 2.79 bits per heavy atom. The molecule has 1 aromatic heterocycles. The number of ether oxygens (including phenoxy) is 2. The number of nitrogens with zero attached hydrogens (tertiary/aromatic N) is 4. The summed E-state index contributed by atoms with van der Waals surface area (Å²) >= 11 is 0. The molecule has 28 heavy (non-hydrogen) atoms. The summed E-state index contributed by atoms with van der Waals surface area (Å²) in [5, 5.41) is 6.73. The maximum atomic E-state index is 12.8. The van der Waals surface area contributed by atoms with E-state index in [2.05, 4.69) is 10.4 Å². The summed E-state index contributed by atoms with van der Waals surface area (Å²) in [6, 6.07) is 2.23. The fourth-order valence-electron chi connectivity index (χ4n) is 3.10. The second-order valence-corrected chi connectivity index (χ2v) is 6.56. The molecule has 3 amide bonds. The van der Waals surface area contributed by atoms with Crippen LogP contribution in [-0.4, -0.2) is 89.5 Å². The largest absolute Gasteiger partial charge is 0.448 e. The predicted molar refractivity (Wildman–Crippen MR) is 95.7 cm³/mol. The van der Waals surface area contributed by atoms with E-state index in [-0.39, 0.29) is 42.2 Å². The molecule has 2 saturated heterocycles. The van der Waals surface area contributed by atoms with Crippen LogP contribution >= 0.6 is 0 Å². The van der Waals surface area contributed by atoms with Crippen LogP contribution in [-0.2, 0) is 21.3 Å². The molecule has 3 heterocycles. The van der Waals surface area contributed by atoms with Crippen LogP contribution in [0.15, 0.2) is 16.9 Å². The van der Waals surface area contributed by atoms with E-state index in [4.69, 9.17) is 9.47 Å². The number of nitrogens with one attached hydrogen (secondary N) is 1. The first-order chi connectivity index (χ1) is 13.5. The zero-order chi connectivity index (χ0) is 20.1. The van der Waals surface area contributed by atoms with E-state index in [1.807, 2.05) is 0 Å². The quantitative estimate of drug-likeness (QED) is 0.629. The third-order valence-corrected chi connectivity index (χ3v) is 4.64. The number of carbonyl (C=O) groups excluding carboxylic acids is 3. The molecule has 0 radical (unpaired) electrons.